The second-order valence-electron chi connectivity index (χ2n) is 7.75. The van der Waals surface area contributed by atoms with Gasteiger partial charge in [0.2, 0.25) is 5.91 Å². The molecule has 3 aromatic rings. The van der Waals surface area contributed by atoms with E-state index in [1.165, 1.54) is 0 Å². The fourth-order valence-electron chi connectivity index (χ4n) is 3.46. The van der Waals surface area contributed by atoms with Crippen LogP contribution in [0.2, 0.25) is 0 Å². The van der Waals surface area contributed by atoms with E-state index in [0.717, 1.165) is 21.1 Å². The molecule has 1 unspecified atom stereocenters. The predicted octanol–water partition coefficient (Wildman–Crippen LogP) is 4.84. The van der Waals surface area contributed by atoms with Crippen LogP contribution in [0.3, 0.4) is 0 Å². The first-order valence-electron chi connectivity index (χ1n) is 11.1. The Morgan fingerprint density at radius 2 is 1.52 bits per heavy atom. The smallest absolute Gasteiger partial charge is 0.261 e. The van der Waals surface area contributed by atoms with Crippen molar-refractivity contribution in [1.29, 1.82) is 0 Å². The van der Waals surface area contributed by atoms with Gasteiger partial charge in [-0.15, -0.1) is 0 Å². The van der Waals surface area contributed by atoms with Crippen LogP contribution in [0.4, 0.5) is 0 Å². The molecule has 0 heterocycles. The Balaban J connectivity index is 1.85. The summed E-state index contributed by atoms with van der Waals surface area (Å²) in [6.45, 7) is 2.76. The lowest BCUT2D eigenvalue weighted by Gasteiger charge is -2.31. The third-order valence-corrected chi connectivity index (χ3v) is 5.91. The van der Waals surface area contributed by atoms with Gasteiger partial charge in [0.25, 0.3) is 5.91 Å². The summed E-state index contributed by atoms with van der Waals surface area (Å²) in [6, 6.07) is 26.4. The lowest BCUT2D eigenvalue weighted by molar-refractivity contribution is -0.142. The van der Waals surface area contributed by atoms with Crippen LogP contribution in [0.15, 0.2) is 84.9 Å². The van der Waals surface area contributed by atoms with E-state index in [-0.39, 0.29) is 18.4 Å². The molecular weight excluding hydrogens is 527 g/mol. The Morgan fingerprint density at radius 3 is 2.12 bits per heavy atom. The fraction of sp³-hybridized carbons (Fsp3) is 0.259. The minimum Gasteiger partial charge on any atom is -0.484 e. The third-order valence-electron chi connectivity index (χ3n) is 5.19. The Kier molecular flexibility index (Phi) is 9.75. The van der Waals surface area contributed by atoms with Crippen LogP contribution >= 0.6 is 22.6 Å². The number of amides is 2. The number of hydrogen-bond donors (Lipinski definition) is 1. The fourth-order valence-corrected chi connectivity index (χ4v) is 3.82. The maximum absolute atomic E-state index is 13.4. The number of nitrogens with zero attached hydrogens (tertiary/aromatic N) is 1. The topological polar surface area (TPSA) is 58.6 Å². The molecule has 2 amide bonds. The van der Waals surface area contributed by atoms with Gasteiger partial charge in [0.1, 0.15) is 11.8 Å². The normalized spacial score (nSPS) is 11.5. The van der Waals surface area contributed by atoms with Crippen LogP contribution in [0, 0.1) is 3.57 Å². The SMILES string of the molecule is CCCNC(=O)C(Cc1ccccc1)N(Cc1ccccc1)C(=O)COc1ccc(I)cc1. The second-order valence-corrected chi connectivity index (χ2v) is 8.99. The largest absolute Gasteiger partial charge is 0.484 e. The first-order valence-corrected chi connectivity index (χ1v) is 12.2. The highest BCUT2D eigenvalue weighted by Crippen LogP contribution is 2.17. The molecule has 0 saturated heterocycles. The van der Waals surface area contributed by atoms with Crippen LogP contribution in [0.25, 0.3) is 0 Å². The summed E-state index contributed by atoms with van der Waals surface area (Å²) >= 11 is 2.22. The molecule has 0 saturated carbocycles. The van der Waals surface area contributed by atoms with E-state index in [1.807, 2.05) is 91.9 Å². The van der Waals surface area contributed by atoms with Gasteiger partial charge in [-0.2, -0.15) is 0 Å². The van der Waals surface area contributed by atoms with Crippen molar-refractivity contribution in [3.8, 4) is 5.75 Å². The number of nitrogens with one attached hydrogen (secondary N) is 1. The Labute approximate surface area is 209 Å². The molecule has 3 rings (SSSR count). The zero-order chi connectivity index (χ0) is 23.5. The summed E-state index contributed by atoms with van der Waals surface area (Å²) in [4.78, 5) is 28.3. The van der Waals surface area contributed by atoms with Crippen LogP contribution in [0.1, 0.15) is 24.5 Å². The van der Waals surface area contributed by atoms with Crippen LogP contribution in [-0.4, -0.2) is 35.9 Å². The Hall–Kier alpha value is -2.87. The van der Waals surface area contributed by atoms with Crippen molar-refractivity contribution in [3.05, 3.63) is 99.6 Å². The zero-order valence-corrected chi connectivity index (χ0v) is 20.9. The van der Waals surface area contributed by atoms with Gasteiger partial charge in [0, 0.05) is 23.1 Å². The maximum Gasteiger partial charge on any atom is 0.261 e. The molecule has 1 atom stereocenters. The number of halogens is 1. The van der Waals surface area contributed by atoms with Crippen molar-refractivity contribution in [2.75, 3.05) is 13.2 Å². The third kappa shape index (κ3) is 7.89. The molecular formula is C27H29IN2O3. The monoisotopic (exact) mass is 556 g/mol. The molecule has 6 heteroatoms. The van der Waals surface area contributed by atoms with Gasteiger partial charge in [-0.25, -0.2) is 0 Å². The molecule has 5 nitrogen and oxygen atoms in total. The Morgan fingerprint density at radius 1 is 0.909 bits per heavy atom. The molecule has 0 fully saturated rings. The van der Waals surface area contributed by atoms with Gasteiger partial charge in [0.15, 0.2) is 6.61 Å². The van der Waals surface area contributed by atoms with E-state index in [1.54, 1.807) is 4.90 Å². The van der Waals surface area contributed by atoms with Crippen molar-refractivity contribution in [2.45, 2.75) is 32.4 Å². The van der Waals surface area contributed by atoms with E-state index in [2.05, 4.69) is 27.9 Å². The molecule has 0 radical (unpaired) electrons. The van der Waals surface area contributed by atoms with Gasteiger partial charge in [0.05, 0.1) is 0 Å². The number of ether oxygens (including phenoxy) is 1. The molecule has 0 aliphatic rings. The number of benzene rings is 3. The van der Waals surface area contributed by atoms with E-state index >= 15 is 0 Å². The molecule has 0 aliphatic carbocycles. The number of rotatable bonds is 11. The van der Waals surface area contributed by atoms with Crippen molar-refractivity contribution >= 4 is 34.4 Å². The predicted molar refractivity (Wildman–Crippen MR) is 139 cm³/mol. The van der Waals surface area contributed by atoms with Crippen LogP contribution in [-0.2, 0) is 22.6 Å². The minimum atomic E-state index is -0.646. The summed E-state index contributed by atoms with van der Waals surface area (Å²) < 4.78 is 6.87. The number of carbonyl (C=O) groups is 2. The number of carbonyl (C=O) groups excluding carboxylic acids is 2. The van der Waals surface area contributed by atoms with Crippen LogP contribution in [0.5, 0.6) is 5.75 Å². The number of hydrogen-bond acceptors (Lipinski definition) is 3. The molecule has 0 bridgehead atoms. The highest BCUT2D eigenvalue weighted by atomic mass is 127. The first-order chi connectivity index (χ1) is 16.1. The summed E-state index contributed by atoms with van der Waals surface area (Å²) in [6.07, 6.45) is 1.25. The molecule has 1 N–H and O–H groups in total. The summed E-state index contributed by atoms with van der Waals surface area (Å²) in [5.41, 5.74) is 1.96. The molecule has 33 heavy (non-hydrogen) atoms. The van der Waals surface area contributed by atoms with Gasteiger partial charge >= 0.3 is 0 Å². The van der Waals surface area contributed by atoms with Crippen molar-refractivity contribution in [2.24, 2.45) is 0 Å². The van der Waals surface area contributed by atoms with E-state index < -0.39 is 6.04 Å². The quantitative estimate of drug-likeness (QED) is 0.344. The van der Waals surface area contributed by atoms with E-state index in [9.17, 15) is 9.59 Å². The summed E-state index contributed by atoms with van der Waals surface area (Å²) in [5.74, 6) is 0.239. The van der Waals surface area contributed by atoms with Crippen molar-refractivity contribution in [1.82, 2.24) is 10.2 Å². The van der Waals surface area contributed by atoms with E-state index in [4.69, 9.17) is 4.74 Å². The van der Waals surface area contributed by atoms with Gasteiger partial charge in [-0.3, -0.25) is 9.59 Å². The molecule has 0 aromatic heterocycles. The Bertz CT molecular complexity index is 1010. The average Bonchev–Trinajstić information content (AvgIpc) is 2.85. The summed E-state index contributed by atoms with van der Waals surface area (Å²) in [5, 5.41) is 2.98. The lowest BCUT2D eigenvalue weighted by atomic mass is 10.0. The first kappa shape index (κ1) is 24.8. The molecule has 3 aromatic carbocycles. The summed E-state index contributed by atoms with van der Waals surface area (Å²) in [7, 11) is 0. The highest BCUT2D eigenvalue weighted by molar-refractivity contribution is 14.1. The second kappa shape index (κ2) is 13.0. The van der Waals surface area contributed by atoms with E-state index in [0.29, 0.717) is 25.3 Å². The minimum absolute atomic E-state index is 0.139. The van der Waals surface area contributed by atoms with Crippen molar-refractivity contribution in [3.63, 3.8) is 0 Å². The molecule has 172 valence electrons. The molecule has 0 aliphatic heterocycles. The average molecular weight is 556 g/mol. The maximum atomic E-state index is 13.4. The van der Waals surface area contributed by atoms with Gasteiger partial charge in [-0.05, 0) is 64.4 Å². The van der Waals surface area contributed by atoms with Gasteiger partial charge in [-0.1, -0.05) is 67.6 Å². The molecule has 0 spiro atoms. The van der Waals surface area contributed by atoms with Crippen molar-refractivity contribution < 1.29 is 14.3 Å². The van der Waals surface area contributed by atoms with Crippen LogP contribution < -0.4 is 10.1 Å². The highest BCUT2D eigenvalue weighted by Gasteiger charge is 2.30. The standard InChI is InChI=1S/C27H29IN2O3/c1-2-17-29-27(32)25(18-21-9-5-3-6-10-21)30(19-22-11-7-4-8-12-22)26(31)20-33-24-15-13-23(28)14-16-24/h3-16,25H,2,17-20H2,1H3,(H,29,32). The lowest BCUT2D eigenvalue weighted by Crippen LogP contribution is -2.51. The zero-order valence-electron chi connectivity index (χ0n) is 18.7. The van der Waals surface area contributed by atoms with Gasteiger partial charge < -0.3 is 15.0 Å².